The van der Waals surface area contributed by atoms with Crippen LogP contribution in [-0.4, -0.2) is 39.3 Å². The molecule has 3 heteroatoms. The van der Waals surface area contributed by atoms with Gasteiger partial charge in [-0.2, -0.15) is 0 Å². The fraction of sp³-hybridized carbons (Fsp3) is 0.444. The lowest BCUT2D eigenvalue weighted by molar-refractivity contribution is 0.678. The molecule has 0 saturated carbocycles. The van der Waals surface area contributed by atoms with Crippen molar-refractivity contribution in [1.29, 1.82) is 0 Å². The second-order valence-electron chi connectivity index (χ2n) is 15.8. The van der Waals surface area contributed by atoms with Crippen LogP contribution < -0.4 is 14.7 Å². The van der Waals surface area contributed by atoms with E-state index in [2.05, 4.69) is 184 Å². The third-order valence-electron chi connectivity index (χ3n) is 10.9. The highest BCUT2D eigenvalue weighted by atomic mass is 15.1. The smallest absolute Gasteiger partial charge is 0.0366 e. The Kier molecular flexibility index (Phi) is 21.0. The molecule has 0 saturated heterocycles. The van der Waals surface area contributed by atoms with Gasteiger partial charge in [0.05, 0.1) is 0 Å². The van der Waals surface area contributed by atoms with Crippen molar-refractivity contribution in [3.05, 3.63) is 124 Å². The summed E-state index contributed by atoms with van der Waals surface area (Å²) in [5, 5.41) is 0. The van der Waals surface area contributed by atoms with E-state index in [1.807, 2.05) is 0 Å². The van der Waals surface area contributed by atoms with Crippen LogP contribution in [0.25, 0.3) is 36.5 Å². The molecule has 4 rings (SSSR count). The molecule has 0 radical (unpaired) electrons. The van der Waals surface area contributed by atoms with Crippen molar-refractivity contribution in [1.82, 2.24) is 0 Å². The van der Waals surface area contributed by atoms with Crippen molar-refractivity contribution in [2.24, 2.45) is 0 Å². The van der Waals surface area contributed by atoms with Crippen LogP contribution in [0.5, 0.6) is 0 Å². The van der Waals surface area contributed by atoms with Gasteiger partial charge >= 0.3 is 0 Å². The first-order valence-electron chi connectivity index (χ1n) is 22.7. The number of rotatable bonds is 27. The van der Waals surface area contributed by atoms with E-state index in [1.54, 1.807) is 0 Å². The summed E-state index contributed by atoms with van der Waals surface area (Å²) in [6.45, 7) is 20.4. The average molecular weight is 766 g/mol. The molecular weight excluding hydrogens is 691 g/mol. The van der Waals surface area contributed by atoms with Crippen LogP contribution in [0.3, 0.4) is 0 Å². The number of nitrogens with zero attached hydrogens (tertiary/aromatic N) is 3. The molecule has 4 aromatic rings. The van der Waals surface area contributed by atoms with Crippen molar-refractivity contribution in [2.45, 2.75) is 119 Å². The van der Waals surface area contributed by atoms with Gasteiger partial charge in [-0.25, -0.2) is 0 Å². The van der Waals surface area contributed by atoms with Crippen molar-refractivity contribution in [2.75, 3.05) is 54.0 Å². The molecule has 0 heterocycles. The summed E-state index contributed by atoms with van der Waals surface area (Å²) in [5.41, 5.74) is 11.3. The van der Waals surface area contributed by atoms with Gasteiger partial charge in [0.25, 0.3) is 0 Å². The zero-order valence-corrected chi connectivity index (χ0v) is 36.7. The van der Waals surface area contributed by atoms with Crippen LogP contribution in [-0.2, 0) is 0 Å². The minimum atomic E-state index is 1.13. The predicted octanol–water partition coefficient (Wildman–Crippen LogP) is 15.4. The lowest BCUT2D eigenvalue weighted by Gasteiger charge is -2.24. The minimum Gasteiger partial charge on any atom is -0.372 e. The first-order valence-corrected chi connectivity index (χ1v) is 22.7. The van der Waals surface area contributed by atoms with E-state index >= 15 is 0 Å². The molecule has 0 aliphatic heterocycles. The van der Waals surface area contributed by atoms with Gasteiger partial charge in [0.15, 0.2) is 0 Å². The first kappa shape index (κ1) is 45.2. The fourth-order valence-corrected chi connectivity index (χ4v) is 7.16. The highest BCUT2D eigenvalue weighted by Crippen LogP contribution is 2.24. The zero-order chi connectivity index (χ0) is 40.5. The third kappa shape index (κ3) is 16.1. The van der Waals surface area contributed by atoms with Crippen molar-refractivity contribution < 1.29 is 0 Å². The highest BCUT2D eigenvalue weighted by Gasteiger charge is 2.08. The molecule has 0 fully saturated rings. The first-order chi connectivity index (χ1) is 28.0. The summed E-state index contributed by atoms with van der Waals surface area (Å²) in [6.07, 6.45) is 28.3. The summed E-state index contributed by atoms with van der Waals surface area (Å²) < 4.78 is 0. The number of benzene rings is 4. The van der Waals surface area contributed by atoms with Gasteiger partial charge in [-0.1, -0.05) is 153 Å². The average Bonchev–Trinajstić information content (AvgIpc) is 3.25. The molecule has 0 aliphatic rings. The molecule has 0 aliphatic carbocycles. The Morgan fingerprint density at radius 2 is 0.474 bits per heavy atom. The van der Waals surface area contributed by atoms with Gasteiger partial charge in [-0.3, -0.25) is 0 Å². The van der Waals surface area contributed by atoms with E-state index in [0.717, 1.165) is 39.3 Å². The molecule has 0 spiro atoms. The topological polar surface area (TPSA) is 9.72 Å². The molecule has 0 bridgehead atoms. The van der Waals surface area contributed by atoms with E-state index in [0.29, 0.717) is 0 Å². The Hall–Kier alpha value is -4.50. The largest absolute Gasteiger partial charge is 0.372 e. The molecule has 0 N–H and O–H groups in total. The lowest BCUT2D eigenvalue weighted by Crippen LogP contribution is -2.25. The van der Waals surface area contributed by atoms with E-state index in [4.69, 9.17) is 0 Å². The number of hydrogen-bond acceptors (Lipinski definition) is 3. The van der Waals surface area contributed by atoms with Crippen molar-refractivity contribution >= 4 is 53.5 Å². The van der Waals surface area contributed by atoms with Crippen LogP contribution in [0, 0.1) is 0 Å². The molecule has 4 aromatic carbocycles. The summed E-state index contributed by atoms with van der Waals surface area (Å²) in [4.78, 5) is 7.67. The highest BCUT2D eigenvalue weighted by molar-refractivity contribution is 5.79. The molecule has 0 unspecified atom stereocenters. The van der Waals surface area contributed by atoms with Crippen LogP contribution in [0.4, 0.5) is 17.1 Å². The van der Waals surface area contributed by atoms with Gasteiger partial charge in [0, 0.05) is 56.3 Å². The summed E-state index contributed by atoms with van der Waals surface area (Å²) in [6, 6.07) is 34.3. The van der Waals surface area contributed by atoms with Gasteiger partial charge in [-0.15, -0.1) is 0 Å². The van der Waals surface area contributed by atoms with Crippen molar-refractivity contribution in [3.8, 4) is 0 Å². The second-order valence-corrected chi connectivity index (χ2v) is 15.8. The molecular formula is C54H75N3. The van der Waals surface area contributed by atoms with Crippen LogP contribution in [0.15, 0.2) is 91.0 Å². The molecule has 3 nitrogen and oxygen atoms in total. The van der Waals surface area contributed by atoms with E-state index in [1.165, 1.54) is 127 Å². The van der Waals surface area contributed by atoms with E-state index < -0.39 is 0 Å². The number of anilines is 3. The summed E-state index contributed by atoms with van der Waals surface area (Å²) >= 11 is 0. The van der Waals surface area contributed by atoms with Gasteiger partial charge < -0.3 is 14.7 Å². The molecule has 306 valence electrons. The van der Waals surface area contributed by atoms with Gasteiger partial charge in [0.2, 0.25) is 0 Å². The maximum Gasteiger partial charge on any atom is 0.0366 e. The van der Waals surface area contributed by atoms with Gasteiger partial charge in [-0.05, 0) is 127 Å². The second kappa shape index (κ2) is 26.4. The quantitative estimate of drug-likeness (QED) is 0.0560. The van der Waals surface area contributed by atoms with Gasteiger partial charge in [0.1, 0.15) is 0 Å². The standard InChI is InChI=1S/C54H75N3/c1-7-13-37-55(38-14-8-2)52-31-25-46(26-32-52)19-22-49-43-50(23-20-47-27-33-53(34-28-47)56(39-15-9-3)40-16-10-4)45-51(44-49)24-21-48-29-35-54(36-30-48)57(41-17-11-5)42-18-12-6/h19-36,43-45H,7-18,37-42H2,1-6H3/b22-19+,23-20+,24-21+. The Morgan fingerprint density at radius 1 is 0.281 bits per heavy atom. The number of hydrogen-bond donors (Lipinski definition) is 0. The lowest BCUT2D eigenvalue weighted by atomic mass is 10.0. The fourth-order valence-electron chi connectivity index (χ4n) is 7.16. The molecule has 0 amide bonds. The summed E-state index contributed by atoms with van der Waals surface area (Å²) in [5.74, 6) is 0. The maximum atomic E-state index is 2.56. The maximum absolute atomic E-state index is 2.56. The molecule has 0 atom stereocenters. The monoisotopic (exact) mass is 766 g/mol. The minimum absolute atomic E-state index is 1.13. The zero-order valence-electron chi connectivity index (χ0n) is 36.7. The van der Waals surface area contributed by atoms with Crippen LogP contribution >= 0.6 is 0 Å². The molecule has 57 heavy (non-hydrogen) atoms. The number of unbranched alkanes of at least 4 members (excludes halogenated alkanes) is 6. The van der Waals surface area contributed by atoms with Crippen LogP contribution in [0.1, 0.15) is 152 Å². The Morgan fingerprint density at radius 3 is 0.667 bits per heavy atom. The van der Waals surface area contributed by atoms with E-state index in [9.17, 15) is 0 Å². The molecule has 0 aromatic heterocycles. The van der Waals surface area contributed by atoms with Crippen molar-refractivity contribution in [3.63, 3.8) is 0 Å². The Bertz CT molecular complexity index is 1500. The Balaban J connectivity index is 1.58. The summed E-state index contributed by atoms with van der Waals surface area (Å²) in [7, 11) is 0. The third-order valence-corrected chi connectivity index (χ3v) is 10.9. The van der Waals surface area contributed by atoms with Crippen LogP contribution in [0.2, 0.25) is 0 Å². The normalized spacial score (nSPS) is 11.7. The Labute approximate surface area is 349 Å². The predicted molar refractivity (Wildman–Crippen MR) is 259 cm³/mol. The SMILES string of the molecule is CCCCN(CCCC)c1ccc(/C=C/c2cc(/C=C/c3ccc(N(CCCC)CCCC)cc3)cc(/C=C/c3ccc(N(CCCC)CCCC)cc3)c2)cc1. The van der Waals surface area contributed by atoms with E-state index in [-0.39, 0.29) is 0 Å².